The van der Waals surface area contributed by atoms with Gasteiger partial charge in [-0.2, -0.15) is 0 Å². The number of hydrogen-bond acceptors (Lipinski definition) is 4. The second kappa shape index (κ2) is 10.9. The Hall–Kier alpha value is -2.18. The van der Waals surface area contributed by atoms with Crippen LogP contribution in [0, 0.1) is 0 Å². The van der Waals surface area contributed by atoms with Crippen LogP contribution in [0.15, 0.2) is 35.7 Å². The van der Waals surface area contributed by atoms with Crippen LogP contribution in [0.3, 0.4) is 0 Å². The van der Waals surface area contributed by atoms with E-state index >= 15 is 0 Å². The molecular weight excluding hydrogens is 406 g/mol. The standard InChI is InChI=1S/C25H35N3O2S/c1-5-7-22(25(30)28-14-12-23-21(17-28)13-15-31-23)26-24(29)20-10-8-19(9-11-20)16-27(6-2)18(3)4/h8-11,13,15,18,22H,5-7,12,14,16-17H2,1-4H3,(H,26,29). The van der Waals surface area contributed by atoms with Crippen molar-refractivity contribution in [1.82, 2.24) is 15.1 Å². The van der Waals surface area contributed by atoms with Crippen molar-refractivity contribution < 1.29 is 9.59 Å². The van der Waals surface area contributed by atoms with Gasteiger partial charge in [0.1, 0.15) is 6.04 Å². The normalized spacial score (nSPS) is 14.6. The summed E-state index contributed by atoms with van der Waals surface area (Å²) < 4.78 is 0. The molecule has 0 saturated carbocycles. The van der Waals surface area contributed by atoms with E-state index in [1.54, 1.807) is 11.3 Å². The van der Waals surface area contributed by atoms with Crippen LogP contribution >= 0.6 is 11.3 Å². The lowest BCUT2D eigenvalue weighted by atomic mass is 10.1. The molecule has 0 spiro atoms. The van der Waals surface area contributed by atoms with Gasteiger partial charge in [-0.3, -0.25) is 14.5 Å². The summed E-state index contributed by atoms with van der Waals surface area (Å²) in [6, 6.07) is 9.87. The molecule has 0 bridgehead atoms. The predicted molar refractivity (Wildman–Crippen MR) is 127 cm³/mol. The summed E-state index contributed by atoms with van der Waals surface area (Å²) in [7, 11) is 0. The molecule has 0 fully saturated rings. The van der Waals surface area contributed by atoms with Gasteiger partial charge in [0, 0.05) is 36.1 Å². The molecule has 1 aliphatic rings. The van der Waals surface area contributed by atoms with E-state index in [1.165, 1.54) is 16.0 Å². The van der Waals surface area contributed by atoms with Gasteiger partial charge in [-0.05, 0) is 67.9 Å². The van der Waals surface area contributed by atoms with E-state index in [0.717, 1.165) is 32.5 Å². The average molecular weight is 442 g/mol. The topological polar surface area (TPSA) is 52.7 Å². The average Bonchev–Trinajstić information content (AvgIpc) is 3.24. The van der Waals surface area contributed by atoms with Crippen LogP contribution in [0.1, 0.15) is 66.9 Å². The summed E-state index contributed by atoms with van der Waals surface area (Å²) >= 11 is 1.76. The molecule has 1 N–H and O–H groups in total. The number of nitrogens with one attached hydrogen (secondary N) is 1. The quantitative estimate of drug-likeness (QED) is 0.625. The van der Waals surface area contributed by atoms with E-state index in [4.69, 9.17) is 0 Å². The van der Waals surface area contributed by atoms with Crippen LogP contribution in [0.5, 0.6) is 0 Å². The van der Waals surface area contributed by atoms with Gasteiger partial charge in [0.15, 0.2) is 0 Å². The van der Waals surface area contributed by atoms with Gasteiger partial charge in [-0.15, -0.1) is 11.3 Å². The van der Waals surface area contributed by atoms with E-state index in [2.05, 4.69) is 42.4 Å². The second-order valence-electron chi connectivity index (χ2n) is 8.55. The van der Waals surface area contributed by atoms with Gasteiger partial charge >= 0.3 is 0 Å². The molecule has 0 radical (unpaired) electrons. The van der Waals surface area contributed by atoms with Gasteiger partial charge in [-0.1, -0.05) is 32.4 Å². The van der Waals surface area contributed by atoms with E-state index < -0.39 is 6.04 Å². The van der Waals surface area contributed by atoms with Gasteiger partial charge < -0.3 is 10.2 Å². The molecule has 1 atom stereocenters. The Morgan fingerprint density at radius 1 is 1.16 bits per heavy atom. The van der Waals surface area contributed by atoms with Crippen molar-refractivity contribution in [2.24, 2.45) is 0 Å². The first kappa shape index (κ1) is 23.5. The molecule has 5 nitrogen and oxygen atoms in total. The number of amides is 2. The molecule has 2 heterocycles. The van der Waals surface area contributed by atoms with E-state index in [0.29, 0.717) is 24.6 Å². The summed E-state index contributed by atoms with van der Waals surface area (Å²) in [5.74, 6) is -0.151. The van der Waals surface area contributed by atoms with Crippen LogP contribution in [0.25, 0.3) is 0 Å². The van der Waals surface area contributed by atoms with Crippen LogP contribution < -0.4 is 5.32 Å². The highest BCUT2D eigenvalue weighted by Crippen LogP contribution is 2.24. The maximum atomic E-state index is 13.2. The molecule has 1 aromatic carbocycles. The third-order valence-electron chi connectivity index (χ3n) is 6.04. The zero-order valence-electron chi connectivity index (χ0n) is 19.2. The Labute approximate surface area is 190 Å². The fourth-order valence-electron chi connectivity index (χ4n) is 4.10. The van der Waals surface area contributed by atoms with Gasteiger partial charge in [-0.25, -0.2) is 0 Å². The molecule has 0 aliphatic carbocycles. The van der Waals surface area contributed by atoms with Gasteiger partial charge in [0.2, 0.25) is 5.91 Å². The van der Waals surface area contributed by atoms with Crippen molar-refractivity contribution >= 4 is 23.2 Å². The monoisotopic (exact) mass is 441 g/mol. The van der Waals surface area contributed by atoms with Gasteiger partial charge in [0.05, 0.1) is 0 Å². The lowest BCUT2D eigenvalue weighted by molar-refractivity contribution is -0.134. The summed E-state index contributed by atoms with van der Waals surface area (Å²) in [6.45, 7) is 11.8. The lowest BCUT2D eigenvalue weighted by Gasteiger charge is -2.31. The SMILES string of the molecule is CCCC(NC(=O)c1ccc(CN(CC)C(C)C)cc1)C(=O)N1CCc2sccc2C1. The van der Waals surface area contributed by atoms with Crippen molar-refractivity contribution in [2.45, 2.75) is 72.1 Å². The number of fused-ring (bicyclic) bond motifs is 1. The summed E-state index contributed by atoms with van der Waals surface area (Å²) in [6.07, 6.45) is 2.39. The molecule has 1 unspecified atom stereocenters. The maximum Gasteiger partial charge on any atom is 0.251 e. The minimum absolute atomic E-state index is 0.0270. The number of hydrogen-bond donors (Lipinski definition) is 1. The van der Waals surface area contributed by atoms with Crippen molar-refractivity contribution in [2.75, 3.05) is 13.1 Å². The molecule has 168 valence electrons. The molecule has 6 heteroatoms. The number of thiophene rings is 1. The third-order valence-corrected chi connectivity index (χ3v) is 7.06. The van der Waals surface area contributed by atoms with Crippen molar-refractivity contribution in [3.8, 4) is 0 Å². The molecule has 1 aromatic heterocycles. The summed E-state index contributed by atoms with van der Waals surface area (Å²) in [4.78, 5) is 31.7. The van der Waals surface area contributed by atoms with Crippen molar-refractivity contribution in [3.05, 3.63) is 57.3 Å². The largest absolute Gasteiger partial charge is 0.340 e. The third kappa shape index (κ3) is 5.95. The van der Waals surface area contributed by atoms with Crippen molar-refractivity contribution in [3.63, 3.8) is 0 Å². The number of rotatable bonds is 9. The van der Waals surface area contributed by atoms with Crippen LogP contribution in [0.2, 0.25) is 0 Å². The summed E-state index contributed by atoms with van der Waals surface area (Å²) in [5.41, 5.74) is 3.03. The van der Waals surface area contributed by atoms with Crippen LogP contribution in [0.4, 0.5) is 0 Å². The fraction of sp³-hybridized carbons (Fsp3) is 0.520. The zero-order valence-corrected chi connectivity index (χ0v) is 20.0. The molecular formula is C25H35N3O2S. The Morgan fingerprint density at radius 2 is 1.90 bits per heavy atom. The van der Waals surface area contributed by atoms with E-state index in [9.17, 15) is 9.59 Å². The Kier molecular flexibility index (Phi) is 8.27. The molecule has 3 rings (SSSR count). The van der Waals surface area contributed by atoms with Gasteiger partial charge in [0.25, 0.3) is 5.91 Å². The highest BCUT2D eigenvalue weighted by Gasteiger charge is 2.28. The molecule has 2 amide bonds. The number of carbonyl (C=O) groups excluding carboxylic acids is 2. The Morgan fingerprint density at radius 3 is 2.55 bits per heavy atom. The first-order chi connectivity index (χ1) is 14.9. The smallest absolute Gasteiger partial charge is 0.251 e. The predicted octanol–water partition coefficient (Wildman–Crippen LogP) is 4.46. The number of nitrogens with zero attached hydrogens (tertiary/aromatic N) is 2. The van der Waals surface area contributed by atoms with E-state index in [-0.39, 0.29) is 11.8 Å². The zero-order chi connectivity index (χ0) is 22.4. The highest BCUT2D eigenvalue weighted by atomic mass is 32.1. The van der Waals surface area contributed by atoms with Crippen LogP contribution in [-0.2, 0) is 24.3 Å². The number of benzene rings is 1. The molecule has 0 saturated heterocycles. The first-order valence-corrected chi connectivity index (χ1v) is 12.3. The minimum Gasteiger partial charge on any atom is -0.340 e. The van der Waals surface area contributed by atoms with E-state index in [1.807, 2.05) is 36.1 Å². The second-order valence-corrected chi connectivity index (χ2v) is 9.55. The molecule has 31 heavy (non-hydrogen) atoms. The minimum atomic E-state index is -0.478. The molecule has 2 aromatic rings. The number of carbonyl (C=O) groups is 2. The van der Waals surface area contributed by atoms with Crippen LogP contribution in [-0.4, -0.2) is 46.8 Å². The maximum absolute atomic E-state index is 13.2. The Bertz CT molecular complexity index is 875. The fourth-order valence-corrected chi connectivity index (χ4v) is 4.99. The molecule has 1 aliphatic heterocycles. The highest BCUT2D eigenvalue weighted by molar-refractivity contribution is 7.10. The Balaban J connectivity index is 1.63. The lowest BCUT2D eigenvalue weighted by Crippen LogP contribution is -2.49. The summed E-state index contributed by atoms with van der Waals surface area (Å²) in [5, 5.41) is 5.09. The van der Waals surface area contributed by atoms with Crippen molar-refractivity contribution in [1.29, 1.82) is 0 Å². The first-order valence-electron chi connectivity index (χ1n) is 11.4.